The van der Waals surface area contributed by atoms with Crippen LogP contribution >= 0.6 is 11.8 Å². The van der Waals surface area contributed by atoms with Crippen molar-refractivity contribution in [2.75, 3.05) is 18.1 Å². The minimum atomic E-state index is 0.572. The molecule has 1 N–H and O–H groups in total. The highest BCUT2D eigenvalue weighted by atomic mass is 32.2. The maximum atomic E-state index is 5.06. The lowest BCUT2D eigenvalue weighted by Crippen LogP contribution is -2.33. The van der Waals surface area contributed by atoms with E-state index in [1.807, 2.05) is 24.1 Å². The lowest BCUT2D eigenvalue weighted by atomic mass is 10.1. The van der Waals surface area contributed by atoms with E-state index in [-0.39, 0.29) is 0 Å². The number of thioether (sulfide) groups is 1. The molecule has 0 aliphatic rings. The normalized spacial score (nSPS) is 13.0. The van der Waals surface area contributed by atoms with Crippen LogP contribution in [0, 0.1) is 0 Å². The molecule has 0 spiro atoms. The van der Waals surface area contributed by atoms with Crippen molar-refractivity contribution in [1.82, 2.24) is 5.32 Å². The van der Waals surface area contributed by atoms with Crippen LogP contribution in [0.1, 0.15) is 19.4 Å². The van der Waals surface area contributed by atoms with Gasteiger partial charge in [-0.2, -0.15) is 11.8 Å². The smallest absolute Gasteiger partial charge is 0.0935 e. The van der Waals surface area contributed by atoms with Gasteiger partial charge in [0.25, 0.3) is 0 Å². The number of hydrogen-bond donors (Lipinski definition) is 1. The number of rotatable bonds is 7. The molecule has 0 aromatic carbocycles. The summed E-state index contributed by atoms with van der Waals surface area (Å²) in [5.41, 5.74) is 1.28. The van der Waals surface area contributed by atoms with Crippen molar-refractivity contribution in [2.45, 2.75) is 26.3 Å². The van der Waals surface area contributed by atoms with E-state index in [0.29, 0.717) is 6.04 Å². The third kappa shape index (κ3) is 4.20. The van der Waals surface area contributed by atoms with Crippen LogP contribution in [0.3, 0.4) is 0 Å². The van der Waals surface area contributed by atoms with Crippen molar-refractivity contribution in [2.24, 2.45) is 0 Å². The molecule has 1 heterocycles. The minimum Gasteiger partial charge on any atom is -0.472 e. The van der Waals surface area contributed by atoms with Crippen molar-refractivity contribution >= 4 is 11.8 Å². The van der Waals surface area contributed by atoms with Gasteiger partial charge in [0, 0.05) is 11.8 Å². The van der Waals surface area contributed by atoms with Gasteiger partial charge in [0.15, 0.2) is 0 Å². The van der Waals surface area contributed by atoms with Crippen LogP contribution in [0.15, 0.2) is 23.0 Å². The van der Waals surface area contributed by atoms with E-state index in [4.69, 9.17) is 4.42 Å². The molecular formula is C11H19NOS. The van der Waals surface area contributed by atoms with Gasteiger partial charge >= 0.3 is 0 Å². The van der Waals surface area contributed by atoms with Gasteiger partial charge in [-0.1, -0.05) is 13.8 Å². The lowest BCUT2D eigenvalue weighted by Gasteiger charge is -2.15. The third-order valence-electron chi connectivity index (χ3n) is 2.08. The second-order valence-corrected chi connectivity index (χ2v) is 4.57. The second-order valence-electron chi connectivity index (χ2n) is 3.25. The molecule has 0 amide bonds. The van der Waals surface area contributed by atoms with Crippen molar-refractivity contribution in [1.29, 1.82) is 0 Å². The van der Waals surface area contributed by atoms with Gasteiger partial charge in [-0.3, -0.25) is 0 Å². The molecule has 80 valence electrons. The highest BCUT2D eigenvalue weighted by Gasteiger charge is 2.08. The summed E-state index contributed by atoms with van der Waals surface area (Å²) in [6.07, 6.45) is 4.64. The van der Waals surface area contributed by atoms with Crippen LogP contribution in [0.5, 0.6) is 0 Å². The summed E-state index contributed by atoms with van der Waals surface area (Å²) >= 11 is 1.98. The van der Waals surface area contributed by atoms with Crippen molar-refractivity contribution in [3.63, 3.8) is 0 Å². The Kier molecular flexibility index (Phi) is 5.80. The zero-order valence-corrected chi connectivity index (χ0v) is 9.77. The molecule has 2 nitrogen and oxygen atoms in total. The van der Waals surface area contributed by atoms with E-state index in [1.54, 1.807) is 6.26 Å². The van der Waals surface area contributed by atoms with Gasteiger partial charge in [-0.05, 0) is 30.3 Å². The Balaban J connectivity index is 2.34. The summed E-state index contributed by atoms with van der Waals surface area (Å²) in [7, 11) is 0. The molecule has 0 radical (unpaired) electrons. The summed E-state index contributed by atoms with van der Waals surface area (Å²) in [5, 5.41) is 3.49. The quantitative estimate of drug-likeness (QED) is 0.753. The van der Waals surface area contributed by atoms with Gasteiger partial charge in [-0.15, -0.1) is 0 Å². The first-order chi connectivity index (χ1) is 6.86. The minimum absolute atomic E-state index is 0.572. The van der Waals surface area contributed by atoms with E-state index < -0.39 is 0 Å². The zero-order chi connectivity index (χ0) is 10.2. The average Bonchev–Trinajstić information content (AvgIpc) is 2.67. The Morgan fingerprint density at radius 1 is 1.50 bits per heavy atom. The molecule has 0 bridgehead atoms. The molecule has 0 aliphatic heterocycles. The van der Waals surface area contributed by atoms with E-state index in [1.165, 1.54) is 17.1 Å². The molecule has 1 rings (SSSR count). The van der Waals surface area contributed by atoms with Crippen LogP contribution in [-0.2, 0) is 6.42 Å². The van der Waals surface area contributed by atoms with Crippen molar-refractivity contribution in [3.05, 3.63) is 24.2 Å². The third-order valence-corrected chi connectivity index (χ3v) is 3.12. The van der Waals surface area contributed by atoms with Crippen LogP contribution in [0.25, 0.3) is 0 Å². The van der Waals surface area contributed by atoms with Crippen molar-refractivity contribution in [3.8, 4) is 0 Å². The highest BCUT2D eigenvalue weighted by molar-refractivity contribution is 7.99. The average molecular weight is 213 g/mol. The number of hydrogen-bond acceptors (Lipinski definition) is 3. The zero-order valence-electron chi connectivity index (χ0n) is 8.95. The Morgan fingerprint density at radius 2 is 2.36 bits per heavy atom. The SMILES string of the molecule is CCNC(CSCC)Cc1ccoc1. The first kappa shape index (κ1) is 11.7. The van der Waals surface area contributed by atoms with Crippen molar-refractivity contribution < 1.29 is 4.42 Å². The largest absolute Gasteiger partial charge is 0.472 e. The van der Waals surface area contributed by atoms with E-state index in [0.717, 1.165) is 13.0 Å². The maximum absolute atomic E-state index is 5.06. The Morgan fingerprint density at radius 3 is 2.93 bits per heavy atom. The molecule has 3 heteroatoms. The summed E-state index contributed by atoms with van der Waals surface area (Å²) in [6, 6.07) is 2.61. The number of nitrogens with one attached hydrogen (secondary N) is 1. The standard InChI is InChI=1S/C11H19NOS/c1-3-12-11(9-14-4-2)7-10-5-6-13-8-10/h5-6,8,11-12H,3-4,7,9H2,1-2H3. The maximum Gasteiger partial charge on any atom is 0.0935 e. The number of likely N-dealkylation sites (N-methyl/N-ethyl adjacent to an activating group) is 1. The Labute approximate surface area is 90.5 Å². The topological polar surface area (TPSA) is 25.2 Å². The molecule has 0 aliphatic carbocycles. The Hall–Kier alpha value is -0.410. The van der Waals surface area contributed by atoms with E-state index >= 15 is 0 Å². The van der Waals surface area contributed by atoms with Gasteiger partial charge in [0.1, 0.15) is 0 Å². The molecule has 1 aromatic heterocycles. The molecule has 1 atom stereocenters. The fourth-order valence-corrected chi connectivity index (χ4v) is 2.19. The molecule has 0 saturated carbocycles. The second kappa shape index (κ2) is 6.96. The monoisotopic (exact) mass is 213 g/mol. The summed E-state index contributed by atoms with van der Waals surface area (Å²) < 4.78 is 5.06. The van der Waals surface area contributed by atoms with Crippen LogP contribution in [0.2, 0.25) is 0 Å². The van der Waals surface area contributed by atoms with E-state index in [9.17, 15) is 0 Å². The lowest BCUT2D eigenvalue weighted by molar-refractivity contribution is 0.547. The van der Waals surface area contributed by atoms with Crippen LogP contribution in [-0.4, -0.2) is 24.1 Å². The molecule has 1 unspecified atom stereocenters. The summed E-state index contributed by atoms with van der Waals surface area (Å²) in [6.45, 7) is 5.39. The summed E-state index contributed by atoms with van der Waals surface area (Å²) in [4.78, 5) is 0. The highest BCUT2D eigenvalue weighted by Crippen LogP contribution is 2.09. The van der Waals surface area contributed by atoms with Gasteiger partial charge in [0.05, 0.1) is 12.5 Å². The van der Waals surface area contributed by atoms with E-state index in [2.05, 4.69) is 19.2 Å². The first-order valence-corrected chi connectivity index (χ1v) is 6.34. The molecule has 0 saturated heterocycles. The predicted octanol–water partition coefficient (Wildman–Crippen LogP) is 2.55. The molecule has 0 fully saturated rings. The fourth-order valence-electron chi connectivity index (χ4n) is 1.43. The molecule has 14 heavy (non-hydrogen) atoms. The first-order valence-electron chi connectivity index (χ1n) is 5.19. The van der Waals surface area contributed by atoms with Crippen LogP contribution in [0.4, 0.5) is 0 Å². The number of furan rings is 1. The fraction of sp³-hybridized carbons (Fsp3) is 0.636. The van der Waals surface area contributed by atoms with Crippen LogP contribution < -0.4 is 5.32 Å². The predicted molar refractivity (Wildman–Crippen MR) is 62.9 cm³/mol. The molecule has 1 aromatic rings. The Bertz CT molecular complexity index is 223. The van der Waals surface area contributed by atoms with Gasteiger partial charge in [-0.25, -0.2) is 0 Å². The summed E-state index contributed by atoms with van der Waals surface area (Å²) in [5.74, 6) is 2.36. The van der Waals surface area contributed by atoms with Gasteiger partial charge in [0.2, 0.25) is 0 Å². The molecular weight excluding hydrogens is 194 g/mol. The van der Waals surface area contributed by atoms with Gasteiger partial charge < -0.3 is 9.73 Å².